The summed E-state index contributed by atoms with van der Waals surface area (Å²) in [5, 5.41) is 0. The highest BCUT2D eigenvalue weighted by Crippen LogP contribution is 2.29. The van der Waals surface area contributed by atoms with Crippen LogP contribution in [0, 0.1) is 6.92 Å². The third-order valence-corrected chi connectivity index (χ3v) is 4.59. The fourth-order valence-corrected chi connectivity index (χ4v) is 2.90. The number of anilines is 1. The minimum absolute atomic E-state index is 0.119. The van der Waals surface area contributed by atoms with Crippen LogP contribution in [0.15, 0.2) is 72.9 Å². The van der Waals surface area contributed by atoms with E-state index in [9.17, 15) is 22.8 Å². The SMILES string of the molecule is Cc1ccc(N(CCc2ccc(C(F)(F)F)cc2)C(=O)C(=O)c2ccccc2)cn1. The Labute approximate surface area is 172 Å². The highest BCUT2D eigenvalue weighted by Gasteiger charge is 2.30. The molecule has 1 heterocycles. The van der Waals surface area contributed by atoms with Gasteiger partial charge in [0.2, 0.25) is 0 Å². The molecule has 0 aliphatic heterocycles. The second-order valence-electron chi connectivity index (χ2n) is 6.75. The molecule has 0 saturated carbocycles. The van der Waals surface area contributed by atoms with E-state index in [1.165, 1.54) is 23.2 Å². The molecule has 7 heteroatoms. The van der Waals surface area contributed by atoms with Gasteiger partial charge in [-0.15, -0.1) is 0 Å². The lowest BCUT2D eigenvalue weighted by Crippen LogP contribution is -2.38. The maximum atomic E-state index is 12.9. The molecular weight excluding hydrogens is 393 g/mol. The van der Waals surface area contributed by atoms with Crippen molar-refractivity contribution in [1.82, 2.24) is 4.98 Å². The van der Waals surface area contributed by atoms with Crippen LogP contribution in [0.25, 0.3) is 0 Å². The molecule has 30 heavy (non-hydrogen) atoms. The van der Waals surface area contributed by atoms with Gasteiger partial charge in [0, 0.05) is 17.8 Å². The summed E-state index contributed by atoms with van der Waals surface area (Å²) in [5.41, 5.74) is 1.35. The van der Waals surface area contributed by atoms with Crippen molar-refractivity contribution >= 4 is 17.4 Å². The smallest absolute Gasteiger partial charge is 0.304 e. The lowest BCUT2D eigenvalue weighted by molar-refractivity contribution is -0.137. The van der Waals surface area contributed by atoms with Crippen LogP contribution in [0.5, 0.6) is 0 Å². The molecule has 2 aromatic carbocycles. The fraction of sp³-hybridized carbons (Fsp3) is 0.174. The molecule has 0 spiro atoms. The molecule has 154 valence electrons. The number of Topliss-reactive ketones (excluding diaryl/α,β-unsaturated/α-hetero) is 1. The molecule has 0 unspecified atom stereocenters. The van der Waals surface area contributed by atoms with Crippen LogP contribution in [-0.2, 0) is 17.4 Å². The van der Waals surface area contributed by atoms with Crippen LogP contribution in [-0.4, -0.2) is 23.2 Å². The molecule has 0 fully saturated rings. The number of hydrogen-bond acceptors (Lipinski definition) is 3. The highest BCUT2D eigenvalue weighted by molar-refractivity contribution is 6.47. The van der Waals surface area contributed by atoms with Gasteiger partial charge in [0.15, 0.2) is 0 Å². The first-order chi connectivity index (χ1) is 14.3. The summed E-state index contributed by atoms with van der Waals surface area (Å²) in [6.45, 7) is 1.92. The summed E-state index contributed by atoms with van der Waals surface area (Å²) < 4.78 is 38.2. The van der Waals surface area contributed by atoms with Gasteiger partial charge in [0.25, 0.3) is 11.7 Å². The van der Waals surface area contributed by atoms with Gasteiger partial charge in [0.05, 0.1) is 17.4 Å². The average Bonchev–Trinajstić information content (AvgIpc) is 2.74. The first-order valence-electron chi connectivity index (χ1n) is 9.26. The molecule has 3 aromatic rings. The van der Waals surface area contributed by atoms with E-state index in [0.717, 1.165) is 17.8 Å². The zero-order valence-corrected chi connectivity index (χ0v) is 16.2. The summed E-state index contributed by atoms with van der Waals surface area (Å²) in [6.07, 6.45) is -2.63. The standard InChI is InChI=1S/C23H19F3N2O2/c1-16-7-12-20(15-27-16)28(22(30)21(29)18-5-3-2-4-6-18)14-13-17-8-10-19(11-9-17)23(24,25)26/h2-12,15H,13-14H2,1H3. The quantitative estimate of drug-likeness (QED) is 0.429. The Balaban J connectivity index is 1.82. The van der Waals surface area contributed by atoms with Crippen LogP contribution in [0.4, 0.5) is 18.9 Å². The van der Waals surface area contributed by atoms with Gasteiger partial charge in [-0.05, 0) is 43.2 Å². The lowest BCUT2D eigenvalue weighted by Gasteiger charge is -2.22. The Morgan fingerprint density at radius 1 is 0.933 bits per heavy atom. The topological polar surface area (TPSA) is 50.3 Å². The molecule has 1 amide bonds. The molecular formula is C23H19F3N2O2. The van der Waals surface area contributed by atoms with Crippen molar-refractivity contribution in [3.05, 3.63) is 95.3 Å². The van der Waals surface area contributed by atoms with Crippen LogP contribution in [0.2, 0.25) is 0 Å². The summed E-state index contributed by atoms with van der Waals surface area (Å²) in [5.74, 6) is -1.39. The zero-order chi connectivity index (χ0) is 21.7. The number of carbonyl (C=O) groups is 2. The van der Waals surface area contributed by atoms with Crippen molar-refractivity contribution in [3.63, 3.8) is 0 Å². The van der Waals surface area contributed by atoms with Crippen LogP contribution >= 0.6 is 0 Å². The molecule has 0 aliphatic carbocycles. The maximum Gasteiger partial charge on any atom is 0.416 e. The van der Waals surface area contributed by atoms with E-state index in [-0.39, 0.29) is 18.5 Å². The summed E-state index contributed by atoms with van der Waals surface area (Å²) >= 11 is 0. The summed E-state index contributed by atoms with van der Waals surface area (Å²) in [6, 6.07) is 16.4. The molecule has 4 nitrogen and oxygen atoms in total. The number of benzene rings is 2. The number of hydrogen-bond donors (Lipinski definition) is 0. The minimum Gasteiger partial charge on any atom is -0.304 e. The third-order valence-electron chi connectivity index (χ3n) is 4.59. The van der Waals surface area contributed by atoms with Gasteiger partial charge >= 0.3 is 6.18 Å². The van der Waals surface area contributed by atoms with E-state index >= 15 is 0 Å². The monoisotopic (exact) mass is 412 g/mol. The van der Waals surface area contributed by atoms with Crippen LogP contribution < -0.4 is 4.90 Å². The Morgan fingerprint density at radius 3 is 2.17 bits per heavy atom. The predicted molar refractivity (Wildman–Crippen MR) is 107 cm³/mol. The molecule has 0 atom stereocenters. The van der Waals surface area contributed by atoms with Crippen molar-refractivity contribution < 1.29 is 22.8 Å². The van der Waals surface area contributed by atoms with E-state index in [4.69, 9.17) is 0 Å². The number of amides is 1. The second kappa shape index (κ2) is 8.90. The van der Waals surface area contributed by atoms with Gasteiger partial charge in [-0.25, -0.2) is 0 Å². The minimum atomic E-state index is -4.41. The Hall–Kier alpha value is -3.48. The number of alkyl halides is 3. The lowest BCUT2D eigenvalue weighted by atomic mass is 10.1. The summed E-state index contributed by atoms with van der Waals surface area (Å²) in [7, 11) is 0. The molecule has 0 bridgehead atoms. The van der Waals surface area contributed by atoms with Crippen molar-refractivity contribution in [2.45, 2.75) is 19.5 Å². The molecule has 0 N–H and O–H groups in total. The second-order valence-corrected chi connectivity index (χ2v) is 6.75. The Kier molecular flexibility index (Phi) is 6.30. The predicted octanol–water partition coefficient (Wildman–Crippen LogP) is 4.87. The summed E-state index contributed by atoms with van der Waals surface area (Å²) in [4.78, 5) is 31.1. The zero-order valence-electron chi connectivity index (χ0n) is 16.2. The molecule has 0 aliphatic rings. The normalized spacial score (nSPS) is 11.2. The largest absolute Gasteiger partial charge is 0.416 e. The van der Waals surface area contributed by atoms with Crippen molar-refractivity contribution in [3.8, 4) is 0 Å². The third kappa shape index (κ3) is 5.11. The van der Waals surface area contributed by atoms with E-state index in [1.54, 1.807) is 49.4 Å². The van der Waals surface area contributed by atoms with Gasteiger partial charge in [0.1, 0.15) is 0 Å². The first-order valence-corrected chi connectivity index (χ1v) is 9.26. The average molecular weight is 412 g/mol. The van der Waals surface area contributed by atoms with Crippen molar-refractivity contribution in [2.75, 3.05) is 11.4 Å². The molecule has 3 rings (SSSR count). The van der Waals surface area contributed by atoms with E-state index in [0.29, 0.717) is 11.3 Å². The molecule has 0 saturated heterocycles. The van der Waals surface area contributed by atoms with Crippen LogP contribution in [0.3, 0.4) is 0 Å². The van der Waals surface area contributed by atoms with Crippen molar-refractivity contribution in [1.29, 1.82) is 0 Å². The Morgan fingerprint density at radius 2 is 1.60 bits per heavy atom. The number of pyridine rings is 1. The van der Waals surface area contributed by atoms with Gasteiger partial charge < -0.3 is 4.90 Å². The highest BCUT2D eigenvalue weighted by atomic mass is 19.4. The molecule has 1 aromatic heterocycles. The number of rotatable bonds is 6. The Bertz CT molecular complexity index is 1020. The number of aromatic nitrogens is 1. The number of carbonyl (C=O) groups excluding carboxylic acids is 2. The van der Waals surface area contributed by atoms with Crippen LogP contribution in [0.1, 0.15) is 27.2 Å². The number of nitrogens with zero attached hydrogens (tertiary/aromatic N) is 2. The maximum absolute atomic E-state index is 12.9. The number of aryl methyl sites for hydroxylation is 1. The van der Waals surface area contributed by atoms with E-state index < -0.39 is 23.4 Å². The number of halogens is 3. The van der Waals surface area contributed by atoms with Gasteiger partial charge in [-0.2, -0.15) is 13.2 Å². The van der Waals surface area contributed by atoms with E-state index in [2.05, 4.69) is 4.98 Å². The van der Waals surface area contributed by atoms with E-state index in [1.807, 2.05) is 0 Å². The fourth-order valence-electron chi connectivity index (χ4n) is 2.90. The first kappa shape index (κ1) is 21.2. The van der Waals surface area contributed by atoms with Gasteiger partial charge in [-0.1, -0.05) is 42.5 Å². The molecule has 0 radical (unpaired) electrons. The van der Waals surface area contributed by atoms with Gasteiger partial charge in [-0.3, -0.25) is 14.6 Å². The number of ketones is 1. The van der Waals surface area contributed by atoms with Crippen molar-refractivity contribution in [2.24, 2.45) is 0 Å².